The summed E-state index contributed by atoms with van der Waals surface area (Å²) in [6.07, 6.45) is 2.91. The van der Waals surface area contributed by atoms with Gasteiger partial charge in [0.25, 0.3) is 11.5 Å². The largest absolute Gasteiger partial charge is 0.482 e. The molecule has 0 spiro atoms. The Morgan fingerprint density at radius 3 is 2.94 bits per heavy atom. The first-order valence-electron chi connectivity index (χ1n) is 10.2. The van der Waals surface area contributed by atoms with Gasteiger partial charge in [0.15, 0.2) is 12.4 Å². The van der Waals surface area contributed by atoms with Crippen LogP contribution in [0.3, 0.4) is 0 Å². The Hall–Kier alpha value is -3.53. The molecule has 166 valence electrons. The number of carbonyl (C=O) groups is 3. The van der Waals surface area contributed by atoms with Crippen molar-refractivity contribution in [2.24, 2.45) is 0 Å². The van der Waals surface area contributed by atoms with E-state index in [1.165, 1.54) is 28.3 Å². The first-order chi connectivity index (χ1) is 15.4. The van der Waals surface area contributed by atoms with Gasteiger partial charge in [-0.05, 0) is 31.5 Å². The SMILES string of the molecule is CCCCOC(=O)c1csc2ncn(C(C)C(=O)c3ccc4c(c3)NC(=O)CO4)c(=O)c12. The van der Waals surface area contributed by atoms with Crippen molar-refractivity contribution in [1.29, 1.82) is 0 Å². The van der Waals surface area contributed by atoms with Crippen molar-refractivity contribution in [3.63, 3.8) is 0 Å². The number of fused-ring (bicyclic) bond motifs is 2. The molecule has 1 aliphatic rings. The number of unbranched alkanes of at least 4 members (excludes halogenated alkanes) is 1. The van der Waals surface area contributed by atoms with E-state index in [0.717, 1.165) is 12.8 Å². The van der Waals surface area contributed by atoms with Gasteiger partial charge >= 0.3 is 5.97 Å². The van der Waals surface area contributed by atoms with Gasteiger partial charge in [0, 0.05) is 10.9 Å². The number of nitrogens with one attached hydrogen (secondary N) is 1. The van der Waals surface area contributed by atoms with Crippen LogP contribution >= 0.6 is 11.3 Å². The van der Waals surface area contributed by atoms with Gasteiger partial charge in [-0.15, -0.1) is 11.3 Å². The zero-order chi connectivity index (χ0) is 22.8. The van der Waals surface area contributed by atoms with E-state index in [2.05, 4.69) is 10.3 Å². The van der Waals surface area contributed by atoms with Crippen molar-refractivity contribution >= 4 is 44.9 Å². The highest BCUT2D eigenvalue weighted by Crippen LogP contribution is 2.30. The van der Waals surface area contributed by atoms with Crippen molar-refractivity contribution in [1.82, 2.24) is 9.55 Å². The topological polar surface area (TPSA) is 117 Å². The summed E-state index contributed by atoms with van der Waals surface area (Å²) < 4.78 is 11.8. The highest BCUT2D eigenvalue weighted by atomic mass is 32.1. The van der Waals surface area contributed by atoms with Crippen LogP contribution in [-0.2, 0) is 9.53 Å². The lowest BCUT2D eigenvalue weighted by Crippen LogP contribution is -2.29. The third-order valence-electron chi connectivity index (χ3n) is 5.16. The zero-order valence-electron chi connectivity index (χ0n) is 17.5. The normalized spacial score (nSPS) is 13.8. The van der Waals surface area contributed by atoms with Gasteiger partial charge < -0.3 is 14.8 Å². The number of hydrogen-bond acceptors (Lipinski definition) is 8. The molecule has 1 N–H and O–H groups in total. The number of carbonyl (C=O) groups excluding carboxylic acids is 3. The van der Waals surface area contributed by atoms with Crippen molar-refractivity contribution in [2.75, 3.05) is 18.5 Å². The summed E-state index contributed by atoms with van der Waals surface area (Å²) in [5, 5.41) is 4.35. The standard InChI is InChI=1S/C22H21N3O6S/c1-3-4-7-30-22(29)14-10-32-20-18(14)21(28)25(11-23-20)12(2)19(27)13-5-6-16-15(8-13)24-17(26)9-31-16/h5-6,8,10-12H,3-4,7,9H2,1-2H3,(H,24,26). The monoisotopic (exact) mass is 455 g/mol. The van der Waals surface area contributed by atoms with Crippen LogP contribution in [0, 0.1) is 0 Å². The molecule has 1 aliphatic heterocycles. The van der Waals surface area contributed by atoms with Crippen LogP contribution in [0.25, 0.3) is 10.2 Å². The van der Waals surface area contributed by atoms with Crippen LogP contribution in [0.5, 0.6) is 5.75 Å². The molecule has 0 saturated heterocycles. The number of rotatable bonds is 7. The van der Waals surface area contributed by atoms with Crippen molar-refractivity contribution in [3.8, 4) is 5.75 Å². The molecule has 3 aromatic rings. The first kappa shape index (κ1) is 21.7. The quantitative estimate of drug-likeness (QED) is 0.330. The predicted molar refractivity (Wildman–Crippen MR) is 119 cm³/mol. The third-order valence-corrected chi connectivity index (χ3v) is 6.05. The van der Waals surface area contributed by atoms with E-state index in [1.807, 2.05) is 6.92 Å². The fourth-order valence-electron chi connectivity index (χ4n) is 3.36. The number of ketones is 1. The molecule has 1 aromatic carbocycles. The van der Waals surface area contributed by atoms with E-state index in [-0.39, 0.29) is 35.9 Å². The highest BCUT2D eigenvalue weighted by Gasteiger charge is 2.25. The molecule has 10 heteroatoms. The number of thiophene rings is 1. The average molecular weight is 455 g/mol. The average Bonchev–Trinajstić information content (AvgIpc) is 3.23. The molecule has 0 bridgehead atoms. The molecule has 0 aliphatic carbocycles. The maximum absolute atomic E-state index is 13.2. The molecule has 32 heavy (non-hydrogen) atoms. The van der Waals surface area contributed by atoms with Crippen LogP contribution in [0.2, 0.25) is 0 Å². The van der Waals surface area contributed by atoms with E-state index in [1.54, 1.807) is 24.4 Å². The van der Waals surface area contributed by atoms with Crippen LogP contribution in [0.4, 0.5) is 5.69 Å². The summed E-state index contributed by atoms with van der Waals surface area (Å²) >= 11 is 1.17. The van der Waals surface area contributed by atoms with Gasteiger partial charge in [0.1, 0.15) is 10.6 Å². The van der Waals surface area contributed by atoms with Crippen LogP contribution in [0.1, 0.15) is 53.4 Å². The van der Waals surface area contributed by atoms with E-state index in [9.17, 15) is 19.2 Å². The van der Waals surface area contributed by atoms with Gasteiger partial charge in [-0.3, -0.25) is 19.0 Å². The summed E-state index contributed by atoms with van der Waals surface area (Å²) in [7, 11) is 0. The van der Waals surface area contributed by atoms with Crippen molar-refractivity contribution in [3.05, 3.63) is 51.4 Å². The smallest absolute Gasteiger partial charge is 0.339 e. The molecule has 0 fully saturated rings. The molecule has 0 radical (unpaired) electrons. The fraction of sp³-hybridized carbons (Fsp3) is 0.318. The Morgan fingerprint density at radius 2 is 2.16 bits per heavy atom. The van der Waals surface area contributed by atoms with Crippen LogP contribution < -0.4 is 15.6 Å². The Morgan fingerprint density at radius 1 is 1.34 bits per heavy atom. The Kier molecular flexibility index (Phi) is 6.04. The zero-order valence-corrected chi connectivity index (χ0v) is 18.4. The number of aromatic nitrogens is 2. The summed E-state index contributed by atoms with van der Waals surface area (Å²) in [5.41, 5.74) is 0.365. The molecule has 1 amide bonds. The van der Waals surface area contributed by atoms with Crippen molar-refractivity contribution < 1.29 is 23.9 Å². The minimum absolute atomic E-state index is 0.0817. The second-order valence-corrected chi connectivity index (χ2v) is 8.22. The fourth-order valence-corrected chi connectivity index (χ4v) is 4.23. The van der Waals surface area contributed by atoms with Crippen molar-refractivity contribution in [2.45, 2.75) is 32.7 Å². The number of hydrogen-bond donors (Lipinski definition) is 1. The van der Waals surface area contributed by atoms with Gasteiger partial charge in [0.05, 0.1) is 35.6 Å². The molecule has 9 nitrogen and oxygen atoms in total. The number of ether oxygens (including phenoxy) is 2. The minimum atomic E-state index is -0.887. The molecular formula is C22H21N3O6S. The Labute approximate surface area is 187 Å². The van der Waals surface area contributed by atoms with E-state index in [4.69, 9.17) is 9.47 Å². The number of esters is 1. The summed E-state index contributed by atoms with van der Waals surface area (Å²) in [5.74, 6) is -0.765. The number of nitrogens with zero attached hydrogens (tertiary/aromatic N) is 2. The highest BCUT2D eigenvalue weighted by molar-refractivity contribution is 7.17. The lowest BCUT2D eigenvalue weighted by molar-refractivity contribution is -0.118. The Bertz CT molecular complexity index is 1280. The third kappa shape index (κ3) is 4.01. The molecule has 3 heterocycles. The molecule has 4 rings (SSSR count). The van der Waals surface area contributed by atoms with E-state index in [0.29, 0.717) is 21.8 Å². The predicted octanol–water partition coefficient (Wildman–Crippen LogP) is 3.19. The number of Topliss-reactive ketones (excluding diaryl/α,β-unsaturated/α-hetero) is 1. The Balaban J connectivity index is 1.65. The van der Waals surface area contributed by atoms with Gasteiger partial charge in [-0.2, -0.15) is 0 Å². The van der Waals surface area contributed by atoms with Crippen LogP contribution in [0.15, 0.2) is 34.7 Å². The first-order valence-corrected chi connectivity index (χ1v) is 11.0. The summed E-state index contributed by atoms with van der Waals surface area (Å²) in [6, 6.07) is 3.81. The molecule has 0 saturated carbocycles. The molecule has 1 atom stereocenters. The second kappa shape index (κ2) is 8.91. The maximum Gasteiger partial charge on any atom is 0.339 e. The van der Waals surface area contributed by atoms with E-state index >= 15 is 0 Å². The molecular weight excluding hydrogens is 434 g/mol. The summed E-state index contributed by atoms with van der Waals surface area (Å²) in [4.78, 5) is 55.0. The number of anilines is 1. The van der Waals surface area contributed by atoms with Gasteiger partial charge in [-0.1, -0.05) is 13.3 Å². The van der Waals surface area contributed by atoms with Gasteiger partial charge in [-0.25, -0.2) is 9.78 Å². The molecule has 2 aromatic heterocycles. The molecule has 1 unspecified atom stereocenters. The number of amides is 1. The minimum Gasteiger partial charge on any atom is -0.482 e. The van der Waals surface area contributed by atoms with Crippen LogP contribution in [-0.4, -0.2) is 40.4 Å². The lowest BCUT2D eigenvalue weighted by Gasteiger charge is -2.19. The summed E-state index contributed by atoms with van der Waals surface area (Å²) in [6.45, 7) is 3.76. The second-order valence-electron chi connectivity index (χ2n) is 7.36. The number of benzene rings is 1. The van der Waals surface area contributed by atoms with E-state index < -0.39 is 17.6 Å². The maximum atomic E-state index is 13.2. The lowest BCUT2D eigenvalue weighted by atomic mass is 10.0. The van der Waals surface area contributed by atoms with Gasteiger partial charge in [0.2, 0.25) is 0 Å².